The van der Waals surface area contributed by atoms with Crippen LogP contribution < -0.4 is 5.32 Å². The molecule has 0 saturated heterocycles. The summed E-state index contributed by atoms with van der Waals surface area (Å²) in [5, 5.41) is 11.5. The third-order valence-electron chi connectivity index (χ3n) is 2.01. The predicted octanol–water partition coefficient (Wildman–Crippen LogP) is 2.85. The largest absolute Gasteiger partial charge is 0.440 e. The van der Waals surface area contributed by atoms with Crippen LogP contribution in [0.4, 0.5) is 23.7 Å². The van der Waals surface area contributed by atoms with Crippen LogP contribution in [0.1, 0.15) is 18.6 Å². The van der Waals surface area contributed by atoms with Gasteiger partial charge in [0, 0.05) is 11.3 Å². The second-order valence-electron chi connectivity index (χ2n) is 3.58. The van der Waals surface area contributed by atoms with Crippen molar-refractivity contribution in [3.8, 4) is 0 Å². The molecule has 1 unspecified atom stereocenters. The first kappa shape index (κ1) is 14.3. The van der Waals surface area contributed by atoms with Crippen molar-refractivity contribution in [1.29, 1.82) is 0 Å². The number of halogens is 3. The maximum Gasteiger partial charge on any atom is 0.422 e. The van der Waals surface area contributed by atoms with E-state index in [0.29, 0.717) is 5.56 Å². The fourth-order valence-corrected chi connectivity index (χ4v) is 1.27. The van der Waals surface area contributed by atoms with E-state index in [4.69, 9.17) is 0 Å². The van der Waals surface area contributed by atoms with Gasteiger partial charge in [-0.1, -0.05) is 18.2 Å². The summed E-state index contributed by atoms with van der Waals surface area (Å²) >= 11 is 0. The van der Waals surface area contributed by atoms with Crippen LogP contribution in [0.5, 0.6) is 0 Å². The lowest BCUT2D eigenvalue weighted by Crippen LogP contribution is -2.23. The Hall–Kier alpha value is -1.76. The van der Waals surface area contributed by atoms with Gasteiger partial charge in [0.25, 0.3) is 0 Å². The molecule has 1 aromatic rings. The van der Waals surface area contributed by atoms with Crippen molar-refractivity contribution in [2.75, 3.05) is 11.9 Å². The summed E-state index contributed by atoms with van der Waals surface area (Å²) in [6, 6.07) is 6.21. The summed E-state index contributed by atoms with van der Waals surface area (Å²) in [6.45, 7) is -0.183. The van der Waals surface area contributed by atoms with Crippen LogP contribution in [-0.4, -0.2) is 24.0 Å². The maximum atomic E-state index is 11.8. The number of anilines is 1. The van der Waals surface area contributed by atoms with Gasteiger partial charge in [0.05, 0.1) is 6.10 Å². The lowest BCUT2D eigenvalue weighted by molar-refractivity contribution is -0.159. The number of nitrogens with one attached hydrogen (secondary N) is 1. The zero-order valence-electron chi connectivity index (χ0n) is 9.49. The summed E-state index contributed by atoms with van der Waals surface area (Å²) in [5.41, 5.74) is 0.598. The number of hydrogen-bond acceptors (Lipinski definition) is 3. The van der Waals surface area contributed by atoms with Crippen LogP contribution >= 0.6 is 0 Å². The summed E-state index contributed by atoms with van der Waals surface area (Å²) in [7, 11) is 0. The average molecular weight is 263 g/mol. The first-order chi connectivity index (χ1) is 8.29. The number of hydrogen-bond donors (Lipinski definition) is 2. The van der Waals surface area contributed by atoms with Crippen LogP contribution in [0.25, 0.3) is 0 Å². The van der Waals surface area contributed by atoms with Gasteiger partial charge < -0.3 is 9.84 Å². The van der Waals surface area contributed by atoms with Crippen molar-refractivity contribution >= 4 is 11.8 Å². The smallest absolute Gasteiger partial charge is 0.422 e. The third kappa shape index (κ3) is 4.62. The molecule has 0 radical (unpaired) electrons. The quantitative estimate of drug-likeness (QED) is 0.881. The molecule has 4 nitrogen and oxygen atoms in total. The Balaban J connectivity index is 2.65. The first-order valence-corrected chi connectivity index (χ1v) is 5.07. The van der Waals surface area contributed by atoms with Crippen molar-refractivity contribution in [3.63, 3.8) is 0 Å². The SMILES string of the molecule is CC(O)c1ccccc1NC(=O)OCC(F)(F)F. The van der Waals surface area contributed by atoms with E-state index in [0.717, 1.165) is 0 Å². The highest BCUT2D eigenvalue weighted by Gasteiger charge is 2.29. The van der Waals surface area contributed by atoms with Gasteiger partial charge in [-0.05, 0) is 13.0 Å². The molecule has 18 heavy (non-hydrogen) atoms. The van der Waals surface area contributed by atoms with Gasteiger partial charge in [-0.15, -0.1) is 0 Å². The summed E-state index contributed by atoms with van der Waals surface area (Å²) < 4.78 is 39.4. The molecule has 1 aromatic carbocycles. The molecule has 100 valence electrons. The van der Waals surface area contributed by atoms with E-state index in [2.05, 4.69) is 10.1 Å². The minimum Gasteiger partial charge on any atom is -0.440 e. The van der Waals surface area contributed by atoms with E-state index >= 15 is 0 Å². The molecule has 0 aliphatic rings. The Bertz CT molecular complexity index is 418. The molecule has 1 atom stereocenters. The molecule has 0 aliphatic heterocycles. The van der Waals surface area contributed by atoms with Crippen LogP contribution in [0.3, 0.4) is 0 Å². The third-order valence-corrected chi connectivity index (χ3v) is 2.01. The van der Waals surface area contributed by atoms with Crippen molar-refractivity contribution in [1.82, 2.24) is 0 Å². The number of aliphatic hydroxyl groups excluding tert-OH is 1. The molecular formula is C11H12F3NO3. The average Bonchev–Trinajstić information content (AvgIpc) is 2.26. The lowest BCUT2D eigenvalue weighted by atomic mass is 10.1. The molecule has 2 N–H and O–H groups in total. The van der Waals surface area contributed by atoms with Crippen LogP contribution in [-0.2, 0) is 4.74 Å². The van der Waals surface area contributed by atoms with Crippen LogP contribution in [0.15, 0.2) is 24.3 Å². The fraction of sp³-hybridized carbons (Fsp3) is 0.364. The number of amides is 1. The van der Waals surface area contributed by atoms with E-state index in [-0.39, 0.29) is 5.69 Å². The Labute approximate surface area is 101 Å². The van der Waals surface area contributed by atoms with Crippen LogP contribution in [0, 0.1) is 0 Å². The minimum absolute atomic E-state index is 0.208. The van der Waals surface area contributed by atoms with E-state index in [1.54, 1.807) is 18.2 Å². The molecule has 0 aliphatic carbocycles. The molecule has 0 fully saturated rings. The highest BCUT2D eigenvalue weighted by atomic mass is 19.4. The molecule has 0 bridgehead atoms. The maximum absolute atomic E-state index is 11.8. The van der Waals surface area contributed by atoms with E-state index < -0.39 is 25.0 Å². The number of ether oxygens (including phenoxy) is 1. The number of rotatable bonds is 3. The highest BCUT2D eigenvalue weighted by molar-refractivity contribution is 5.85. The standard InChI is InChI=1S/C11H12F3NO3/c1-7(16)8-4-2-3-5-9(8)15-10(17)18-6-11(12,13)14/h2-5,7,16H,6H2,1H3,(H,15,17). The molecule has 0 aromatic heterocycles. The summed E-state index contributed by atoms with van der Waals surface area (Å²) in [6.07, 6.45) is -6.65. The molecule has 0 spiro atoms. The van der Waals surface area contributed by atoms with Crippen molar-refractivity contribution in [2.45, 2.75) is 19.2 Å². The molecular weight excluding hydrogens is 251 g/mol. The fourth-order valence-electron chi connectivity index (χ4n) is 1.27. The van der Waals surface area contributed by atoms with Crippen molar-refractivity contribution in [3.05, 3.63) is 29.8 Å². The van der Waals surface area contributed by atoms with E-state index in [1.165, 1.54) is 13.0 Å². The second-order valence-corrected chi connectivity index (χ2v) is 3.58. The van der Waals surface area contributed by atoms with E-state index in [9.17, 15) is 23.1 Å². The van der Waals surface area contributed by atoms with Gasteiger partial charge in [0.15, 0.2) is 6.61 Å². The van der Waals surface area contributed by atoms with Crippen LogP contribution in [0.2, 0.25) is 0 Å². The minimum atomic E-state index is -4.57. The van der Waals surface area contributed by atoms with Gasteiger partial charge in [0.1, 0.15) is 0 Å². The molecule has 0 heterocycles. The Morgan fingerprint density at radius 3 is 2.61 bits per heavy atom. The lowest BCUT2D eigenvalue weighted by Gasteiger charge is -2.13. The number of benzene rings is 1. The van der Waals surface area contributed by atoms with Gasteiger partial charge in [-0.3, -0.25) is 5.32 Å². The zero-order valence-corrected chi connectivity index (χ0v) is 9.49. The second kappa shape index (κ2) is 5.72. The predicted molar refractivity (Wildman–Crippen MR) is 58.1 cm³/mol. The molecule has 1 amide bonds. The van der Waals surface area contributed by atoms with Crippen molar-refractivity contribution in [2.24, 2.45) is 0 Å². The Morgan fingerprint density at radius 1 is 1.44 bits per heavy atom. The number of aliphatic hydroxyl groups is 1. The topological polar surface area (TPSA) is 58.6 Å². The Kier molecular flexibility index (Phi) is 4.55. The summed E-state index contributed by atoms with van der Waals surface area (Å²) in [4.78, 5) is 11.1. The molecule has 1 rings (SSSR count). The van der Waals surface area contributed by atoms with Gasteiger partial charge in [-0.2, -0.15) is 13.2 Å². The Morgan fingerprint density at radius 2 is 2.06 bits per heavy atom. The number of para-hydroxylation sites is 1. The van der Waals surface area contributed by atoms with E-state index in [1.807, 2.05) is 0 Å². The normalized spacial score (nSPS) is 12.9. The van der Waals surface area contributed by atoms with Gasteiger partial charge in [0.2, 0.25) is 0 Å². The number of carbonyl (C=O) groups excluding carboxylic acids is 1. The number of carbonyl (C=O) groups is 1. The first-order valence-electron chi connectivity index (χ1n) is 5.07. The van der Waals surface area contributed by atoms with Crippen molar-refractivity contribution < 1.29 is 27.8 Å². The summed E-state index contributed by atoms with van der Waals surface area (Å²) in [5.74, 6) is 0. The molecule has 0 saturated carbocycles. The highest BCUT2D eigenvalue weighted by Crippen LogP contribution is 2.22. The molecule has 7 heteroatoms. The monoisotopic (exact) mass is 263 g/mol. The number of alkyl halides is 3. The van der Waals surface area contributed by atoms with Gasteiger partial charge in [-0.25, -0.2) is 4.79 Å². The zero-order chi connectivity index (χ0) is 13.8. The van der Waals surface area contributed by atoms with Gasteiger partial charge >= 0.3 is 12.3 Å².